The minimum absolute atomic E-state index is 0.0100. The lowest BCUT2D eigenvalue weighted by molar-refractivity contribution is -0.0318. The average molecular weight is 212 g/mol. The highest BCUT2D eigenvalue weighted by atomic mass is 19.3. The number of rotatable bonds is 1. The lowest BCUT2D eigenvalue weighted by Crippen LogP contribution is -2.21. The Hall–Kier alpha value is -0.930. The number of nitrogens with zero attached hydrogens (tertiary/aromatic N) is 2. The summed E-state index contributed by atoms with van der Waals surface area (Å²) in [5.41, 5.74) is 1.82. The van der Waals surface area contributed by atoms with Crippen LogP contribution in [0.1, 0.15) is 49.2 Å². The maximum absolute atomic E-state index is 13.9. The van der Waals surface area contributed by atoms with Crippen LogP contribution in [-0.4, -0.2) is 9.78 Å². The summed E-state index contributed by atoms with van der Waals surface area (Å²) in [6.45, 7) is 5.63. The summed E-state index contributed by atoms with van der Waals surface area (Å²) in [7, 11) is 0. The fourth-order valence-electron chi connectivity index (χ4n) is 2.80. The second-order valence-corrected chi connectivity index (χ2v) is 4.96. The predicted octanol–water partition coefficient (Wildman–Crippen LogP) is 2.98. The van der Waals surface area contributed by atoms with Gasteiger partial charge in [0.2, 0.25) is 0 Å². The second-order valence-electron chi connectivity index (χ2n) is 4.96. The molecule has 0 spiro atoms. The van der Waals surface area contributed by atoms with Crippen molar-refractivity contribution in [2.24, 2.45) is 5.92 Å². The van der Waals surface area contributed by atoms with Crippen LogP contribution in [0, 0.1) is 12.8 Å². The summed E-state index contributed by atoms with van der Waals surface area (Å²) >= 11 is 0. The summed E-state index contributed by atoms with van der Waals surface area (Å²) in [5, 5.41) is 4.24. The maximum atomic E-state index is 13.9. The van der Waals surface area contributed by atoms with Crippen LogP contribution < -0.4 is 0 Å². The molecule has 0 radical (unpaired) electrons. The van der Waals surface area contributed by atoms with Gasteiger partial charge < -0.3 is 0 Å². The van der Waals surface area contributed by atoms with E-state index in [2.05, 4.69) is 5.10 Å². The van der Waals surface area contributed by atoms with Gasteiger partial charge in [-0.2, -0.15) is 13.9 Å². The Labute approximate surface area is 87.3 Å². The maximum Gasteiger partial charge on any atom is 0.293 e. The Morgan fingerprint density at radius 2 is 2.13 bits per heavy atom. The predicted molar refractivity (Wildman–Crippen MR) is 52.1 cm³/mol. The first-order chi connectivity index (χ1) is 6.94. The molecule has 1 saturated carbocycles. The van der Waals surface area contributed by atoms with Crippen LogP contribution in [0.4, 0.5) is 8.78 Å². The molecule has 1 fully saturated rings. The van der Waals surface area contributed by atoms with Gasteiger partial charge in [-0.05, 0) is 33.1 Å². The van der Waals surface area contributed by atoms with Crippen LogP contribution >= 0.6 is 0 Å². The summed E-state index contributed by atoms with van der Waals surface area (Å²) < 4.78 is 29.4. The first-order valence-corrected chi connectivity index (χ1v) is 5.42. The van der Waals surface area contributed by atoms with Gasteiger partial charge in [-0.25, -0.2) is 0 Å². The van der Waals surface area contributed by atoms with E-state index in [0.29, 0.717) is 6.42 Å². The lowest BCUT2D eigenvalue weighted by atomic mass is 10.1. The molecule has 3 rings (SSSR count). The van der Waals surface area contributed by atoms with Crippen LogP contribution in [0.15, 0.2) is 0 Å². The zero-order valence-electron chi connectivity index (χ0n) is 9.09. The zero-order valence-corrected chi connectivity index (χ0v) is 9.09. The summed E-state index contributed by atoms with van der Waals surface area (Å²) in [4.78, 5) is 0. The van der Waals surface area contributed by atoms with Crippen molar-refractivity contribution in [3.05, 3.63) is 17.0 Å². The molecule has 82 valence electrons. The quantitative estimate of drug-likeness (QED) is 0.699. The Balaban J connectivity index is 2.24. The van der Waals surface area contributed by atoms with Gasteiger partial charge in [0.25, 0.3) is 5.92 Å². The van der Waals surface area contributed by atoms with E-state index in [1.165, 1.54) is 4.68 Å². The highest BCUT2D eigenvalue weighted by Crippen LogP contribution is 2.67. The van der Waals surface area contributed by atoms with E-state index >= 15 is 0 Å². The molecule has 0 aromatic carbocycles. The van der Waals surface area contributed by atoms with Crippen LogP contribution in [0.25, 0.3) is 0 Å². The fraction of sp³-hybridized carbons (Fsp3) is 0.727. The lowest BCUT2D eigenvalue weighted by Gasteiger charge is -2.17. The van der Waals surface area contributed by atoms with Crippen molar-refractivity contribution in [1.82, 2.24) is 9.78 Å². The van der Waals surface area contributed by atoms with Crippen molar-refractivity contribution >= 4 is 0 Å². The van der Waals surface area contributed by atoms with Crippen molar-refractivity contribution < 1.29 is 8.78 Å². The molecule has 1 aromatic rings. The van der Waals surface area contributed by atoms with Gasteiger partial charge in [0.15, 0.2) is 0 Å². The molecule has 4 heteroatoms. The minimum Gasteiger partial charge on any atom is -0.260 e. The monoisotopic (exact) mass is 212 g/mol. The van der Waals surface area contributed by atoms with Gasteiger partial charge in [-0.1, -0.05) is 0 Å². The number of alkyl halides is 2. The highest BCUT2D eigenvalue weighted by molar-refractivity contribution is 5.45. The Morgan fingerprint density at radius 1 is 1.47 bits per heavy atom. The van der Waals surface area contributed by atoms with E-state index in [0.717, 1.165) is 11.3 Å². The molecule has 2 aliphatic rings. The first kappa shape index (κ1) is 9.31. The minimum atomic E-state index is -2.65. The molecule has 0 unspecified atom stereocenters. The molecule has 1 heterocycles. The number of hydrogen-bond donors (Lipinski definition) is 0. The number of hydrogen-bond acceptors (Lipinski definition) is 1. The van der Waals surface area contributed by atoms with E-state index in [4.69, 9.17) is 0 Å². The molecule has 2 aliphatic carbocycles. The SMILES string of the molecule is Cc1nn(C(C)C)c2c1[C@H]1C[C@H]1C2(F)F. The third-order valence-electron chi connectivity index (χ3n) is 3.56. The van der Waals surface area contributed by atoms with Crippen molar-refractivity contribution in [2.45, 2.75) is 45.1 Å². The number of fused-ring (bicyclic) bond motifs is 3. The molecule has 2 atom stereocenters. The molecule has 0 bridgehead atoms. The molecule has 1 aromatic heterocycles. The number of aromatic nitrogens is 2. The summed E-state index contributed by atoms with van der Waals surface area (Å²) in [5.74, 6) is -3.00. The van der Waals surface area contributed by atoms with Crippen molar-refractivity contribution in [3.63, 3.8) is 0 Å². The van der Waals surface area contributed by atoms with Gasteiger partial charge in [0, 0.05) is 17.5 Å². The van der Waals surface area contributed by atoms with Crippen LogP contribution in [0.3, 0.4) is 0 Å². The van der Waals surface area contributed by atoms with Crippen LogP contribution in [0.5, 0.6) is 0 Å². The molecular formula is C11H14F2N2. The molecule has 2 nitrogen and oxygen atoms in total. The standard InChI is InChI=1S/C11H14F2N2/c1-5(2)15-10-9(6(3)14-15)7-4-8(7)11(10,12)13/h5,7-8H,4H2,1-3H3/t7-,8+/m0/s1. The average Bonchev–Trinajstić information content (AvgIpc) is 2.78. The van der Waals surface area contributed by atoms with Gasteiger partial charge >= 0.3 is 0 Å². The molecule has 15 heavy (non-hydrogen) atoms. The largest absolute Gasteiger partial charge is 0.293 e. The van der Waals surface area contributed by atoms with Crippen LogP contribution in [-0.2, 0) is 5.92 Å². The van der Waals surface area contributed by atoms with Gasteiger partial charge in [-0.3, -0.25) is 4.68 Å². The third-order valence-corrected chi connectivity index (χ3v) is 3.56. The Morgan fingerprint density at radius 3 is 2.73 bits per heavy atom. The number of aryl methyl sites for hydroxylation is 1. The molecule has 0 aliphatic heterocycles. The van der Waals surface area contributed by atoms with Gasteiger partial charge in [-0.15, -0.1) is 0 Å². The van der Waals surface area contributed by atoms with Crippen LogP contribution in [0.2, 0.25) is 0 Å². The van der Waals surface area contributed by atoms with E-state index in [9.17, 15) is 8.78 Å². The normalized spacial score (nSPS) is 30.5. The fourth-order valence-corrected chi connectivity index (χ4v) is 2.80. The molecule has 0 amide bonds. The second kappa shape index (κ2) is 2.42. The summed E-state index contributed by atoms with van der Waals surface area (Å²) in [6, 6.07) is 0.0100. The van der Waals surface area contributed by atoms with E-state index in [-0.39, 0.29) is 17.7 Å². The Bertz CT molecular complexity index is 434. The molecule has 0 saturated heterocycles. The van der Waals surface area contributed by atoms with E-state index < -0.39 is 11.8 Å². The van der Waals surface area contributed by atoms with Gasteiger partial charge in [0.05, 0.1) is 5.69 Å². The first-order valence-electron chi connectivity index (χ1n) is 5.42. The van der Waals surface area contributed by atoms with E-state index in [1.807, 2.05) is 20.8 Å². The van der Waals surface area contributed by atoms with Crippen molar-refractivity contribution in [3.8, 4) is 0 Å². The summed E-state index contributed by atoms with van der Waals surface area (Å²) in [6.07, 6.45) is 0.643. The van der Waals surface area contributed by atoms with Crippen molar-refractivity contribution in [2.75, 3.05) is 0 Å². The van der Waals surface area contributed by atoms with Gasteiger partial charge in [0.1, 0.15) is 5.69 Å². The highest BCUT2D eigenvalue weighted by Gasteiger charge is 2.66. The third kappa shape index (κ3) is 0.950. The number of halogens is 2. The molecular weight excluding hydrogens is 198 g/mol. The van der Waals surface area contributed by atoms with E-state index in [1.54, 1.807) is 0 Å². The topological polar surface area (TPSA) is 17.8 Å². The molecule has 0 N–H and O–H groups in total. The Kier molecular flexibility index (Phi) is 1.50. The zero-order chi connectivity index (χ0) is 11.0. The van der Waals surface area contributed by atoms with Crippen molar-refractivity contribution in [1.29, 1.82) is 0 Å². The smallest absolute Gasteiger partial charge is 0.260 e.